The van der Waals surface area contributed by atoms with Gasteiger partial charge >= 0.3 is 0 Å². The minimum Gasteiger partial charge on any atom is -0.363 e. The van der Waals surface area contributed by atoms with E-state index in [2.05, 4.69) is 36.4 Å². The normalized spacial score (nSPS) is 10.4. The summed E-state index contributed by atoms with van der Waals surface area (Å²) in [5, 5.41) is 6.57. The van der Waals surface area contributed by atoms with Crippen LogP contribution in [0.2, 0.25) is 0 Å². The molecular weight excluding hydrogens is 322 g/mol. The lowest BCUT2D eigenvalue weighted by molar-refractivity contribution is 0.379. The Bertz CT molecular complexity index is 719. The van der Waals surface area contributed by atoms with Crippen LogP contribution in [-0.4, -0.2) is 56.2 Å². The van der Waals surface area contributed by atoms with Gasteiger partial charge in [-0.25, -0.2) is 15.0 Å². The van der Waals surface area contributed by atoms with Crippen LogP contribution in [0.15, 0.2) is 24.9 Å². The van der Waals surface area contributed by atoms with E-state index in [9.17, 15) is 0 Å². The molecule has 0 saturated carbocycles. The Morgan fingerprint density at radius 1 is 1.42 bits per heavy atom. The van der Waals surface area contributed by atoms with Crippen LogP contribution in [0.3, 0.4) is 0 Å². The van der Waals surface area contributed by atoms with E-state index in [0.717, 1.165) is 31.0 Å². The van der Waals surface area contributed by atoms with Gasteiger partial charge in [0.2, 0.25) is 0 Å². The summed E-state index contributed by atoms with van der Waals surface area (Å²) < 4.78 is 1.86. The van der Waals surface area contributed by atoms with Gasteiger partial charge < -0.3 is 10.6 Å². The first kappa shape index (κ1) is 17.8. The molecule has 0 aliphatic carbocycles. The highest BCUT2D eigenvalue weighted by Crippen LogP contribution is 2.10. The van der Waals surface area contributed by atoms with Crippen molar-refractivity contribution in [3.05, 3.63) is 30.6 Å². The molecule has 7 nitrogen and oxygen atoms in total. The second-order valence-corrected chi connectivity index (χ2v) is 5.62. The van der Waals surface area contributed by atoms with Gasteiger partial charge in [-0.1, -0.05) is 5.92 Å². The third-order valence-corrected chi connectivity index (χ3v) is 3.49. The van der Waals surface area contributed by atoms with Gasteiger partial charge in [-0.2, -0.15) is 0 Å². The maximum atomic E-state index is 5.30. The van der Waals surface area contributed by atoms with Crippen LogP contribution in [0.1, 0.15) is 12.6 Å². The zero-order valence-corrected chi connectivity index (χ0v) is 14.7. The van der Waals surface area contributed by atoms with Crippen molar-refractivity contribution in [2.45, 2.75) is 13.3 Å². The molecule has 0 spiro atoms. The van der Waals surface area contributed by atoms with Crippen molar-refractivity contribution in [1.29, 1.82) is 0 Å². The van der Waals surface area contributed by atoms with Crippen molar-refractivity contribution in [2.75, 3.05) is 32.0 Å². The molecule has 126 valence electrons. The first-order valence-corrected chi connectivity index (χ1v) is 8.05. The van der Waals surface area contributed by atoms with Crippen molar-refractivity contribution in [2.24, 2.45) is 0 Å². The highest BCUT2D eigenvalue weighted by atomic mass is 32.1. The van der Waals surface area contributed by atoms with Crippen LogP contribution in [0.4, 0.5) is 5.82 Å². The number of thiocarbonyl (C=S) groups is 1. The molecule has 0 radical (unpaired) electrons. The minimum absolute atomic E-state index is 0.532. The van der Waals surface area contributed by atoms with Gasteiger partial charge in [0, 0.05) is 31.8 Å². The van der Waals surface area contributed by atoms with Crippen molar-refractivity contribution >= 4 is 23.1 Å². The van der Waals surface area contributed by atoms with Gasteiger partial charge in [0.15, 0.2) is 5.11 Å². The molecule has 0 bridgehead atoms. The lowest BCUT2D eigenvalue weighted by atomic mass is 10.3. The molecular formula is C16H21N7S. The fourth-order valence-electron chi connectivity index (χ4n) is 2.04. The predicted molar refractivity (Wildman–Crippen MR) is 99.1 cm³/mol. The van der Waals surface area contributed by atoms with Crippen molar-refractivity contribution in [3.8, 4) is 18.2 Å². The number of aromatic nitrogens is 4. The fourth-order valence-corrected chi connectivity index (χ4v) is 2.28. The lowest BCUT2D eigenvalue weighted by Gasteiger charge is -2.11. The molecule has 0 unspecified atom stereocenters. The van der Waals surface area contributed by atoms with E-state index in [1.165, 1.54) is 6.33 Å². The second-order valence-electron chi connectivity index (χ2n) is 5.21. The first-order chi connectivity index (χ1) is 11.6. The molecule has 0 aromatic carbocycles. The maximum absolute atomic E-state index is 5.30. The summed E-state index contributed by atoms with van der Waals surface area (Å²) in [6.07, 6.45) is 11.3. The van der Waals surface area contributed by atoms with Crippen LogP contribution < -0.4 is 10.6 Å². The summed E-state index contributed by atoms with van der Waals surface area (Å²) in [4.78, 5) is 14.9. The van der Waals surface area contributed by atoms with Gasteiger partial charge in [0.05, 0.1) is 12.2 Å². The van der Waals surface area contributed by atoms with Gasteiger partial charge in [0.25, 0.3) is 0 Å². The van der Waals surface area contributed by atoms with Gasteiger partial charge in [-0.05, 0) is 26.2 Å². The van der Waals surface area contributed by atoms with Crippen molar-refractivity contribution in [1.82, 2.24) is 29.7 Å². The summed E-state index contributed by atoms with van der Waals surface area (Å²) in [5.74, 6) is 3.99. The van der Waals surface area contributed by atoms with Gasteiger partial charge in [-0.3, -0.25) is 9.47 Å². The van der Waals surface area contributed by atoms with Crippen LogP contribution in [-0.2, 0) is 6.42 Å². The number of imidazole rings is 1. The number of rotatable bonds is 7. The van der Waals surface area contributed by atoms with E-state index < -0.39 is 0 Å². The molecule has 0 atom stereocenters. The molecule has 8 heteroatoms. The van der Waals surface area contributed by atoms with Crippen molar-refractivity contribution in [3.63, 3.8) is 0 Å². The minimum atomic E-state index is 0.532. The van der Waals surface area contributed by atoms with Crippen LogP contribution >= 0.6 is 12.2 Å². The summed E-state index contributed by atoms with van der Waals surface area (Å²) >= 11 is 5.16. The van der Waals surface area contributed by atoms with E-state index >= 15 is 0 Å². The standard InChI is InChI=1S/C16H21N7S/c1-4-7-22(3)8-6-13-10-23(12-20-13)15-9-14(18-11-19-15)21-16(24)17-5-2/h1,9-12H,5-8H2,2-3H3,(H2,17,18,19,21,24). The SMILES string of the molecule is C#CCN(C)CCc1cn(-c2cc(NC(=S)NCC)ncn2)cn1. The molecule has 2 heterocycles. The summed E-state index contributed by atoms with van der Waals surface area (Å²) in [6.45, 7) is 4.22. The van der Waals surface area contributed by atoms with Gasteiger partial charge in [-0.15, -0.1) is 6.42 Å². The number of likely N-dealkylation sites (N-methyl/N-ethyl adjacent to an activating group) is 1. The van der Waals surface area contributed by atoms with E-state index in [1.807, 2.05) is 30.8 Å². The molecule has 24 heavy (non-hydrogen) atoms. The highest BCUT2D eigenvalue weighted by molar-refractivity contribution is 7.80. The zero-order chi connectivity index (χ0) is 17.4. The Morgan fingerprint density at radius 2 is 2.25 bits per heavy atom. The molecule has 2 rings (SSSR count). The third kappa shape index (κ3) is 5.30. The van der Waals surface area contributed by atoms with E-state index in [4.69, 9.17) is 18.6 Å². The average Bonchev–Trinajstić information content (AvgIpc) is 3.03. The molecule has 2 aromatic heterocycles. The highest BCUT2D eigenvalue weighted by Gasteiger charge is 2.06. The van der Waals surface area contributed by atoms with Crippen molar-refractivity contribution < 1.29 is 0 Å². The van der Waals surface area contributed by atoms with Crippen LogP contribution in [0.5, 0.6) is 0 Å². The topological polar surface area (TPSA) is 70.9 Å². The third-order valence-electron chi connectivity index (χ3n) is 3.24. The first-order valence-electron chi connectivity index (χ1n) is 7.64. The zero-order valence-electron chi connectivity index (χ0n) is 13.9. The number of hydrogen-bond donors (Lipinski definition) is 2. The number of nitrogens with zero attached hydrogens (tertiary/aromatic N) is 5. The molecule has 2 aromatic rings. The Labute approximate surface area is 147 Å². The summed E-state index contributed by atoms with van der Waals surface area (Å²) in [7, 11) is 1.99. The van der Waals surface area contributed by atoms with Gasteiger partial charge in [0.1, 0.15) is 24.3 Å². The maximum Gasteiger partial charge on any atom is 0.171 e. The summed E-state index contributed by atoms with van der Waals surface area (Å²) in [5.41, 5.74) is 0.982. The monoisotopic (exact) mass is 343 g/mol. The van der Waals surface area contributed by atoms with Crippen LogP contribution in [0.25, 0.3) is 5.82 Å². The van der Waals surface area contributed by atoms with E-state index in [-0.39, 0.29) is 0 Å². The number of terminal acetylenes is 1. The molecule has 0 amide bonds. The Hall–Kier alpha value is -2.50. The largest absolute Gasteiger partial charge is 0.363 e. The van der Waals surface area contributed by atoms with Crippen LogP contribution in [0, 0.1) is 12.3 Å². The smallest absolute Gasteiger partial charge is 0.171 e. The number of nitrogens with one attached hydrogen (secondary N) is 2. The number of hydrogen-bond acceptors (Lipinski definition) is 5. The lowest BCUT2D eigenvalue weighted by Crippen LogP contribution is -2.28. The van der Waals surface area contributed by atoms with E-state index in [0.29, 0.717) is 17.5 Å². The molecule has 0 aliphatic heterocycles. The molecule has 0 fully saturated rings. The summed E-state index contributed by atoms with van der Waals surface area (Å²) in [6, 6.07) is 1.82. The fraction of sp³-hybridized carbons (Fsp3) is 0.375. The van der Waals surface area contributed by atoms with E-state index in [1.54, 1.807) is 6.33 Å². The predicted octanol–water partition coefficient (Wildman–Crippen LogP) is 1.08. The Morgan fingerprint density at radius 3 is 3.00 bits per heavy atom. The molecule has 0 aliphatic rings. The average molecular weight is 343 g/mol. The molecule has 0 saturated heterocycles. The molecule has 2 N–H and O–H groups in total. The second kappa shape index (κ2) is 8.96. The Kier molecular flexibility index (Phi) is 6.66. The Balaban J connectivity index is 2.02. The number of anilines is 1. The quantitative estimate of drug-likeness (QED) is 0.576.